The minimum absolute atomic E-state index is 0.180. The van der Waals surface area contributed by atoms with Gasteiger partial charge in [0.25, 0.3) is 5.91 Å². The van der Waals surface area contributed by atoms with Crippen LogP contribution in [0.1, 0.15) is 55.1 Å². The molecule has 1 heterocycles. The molecule has 6 nitrogen and oxygen atoms in total. The highest BCUT2D eigenvalue weighted by atomic mass is 16.5. The molecule has 0 saturated carbocycles. The Hall–Kier alpha value is -1.85. The van der Waals surface area contributed by atoms with E-state index < -0.39 is 5.97 Å². The number of nitrogens with one attached hydrogen (secondary N) is 1. The second kappa shape index (κ2) is 8.35. The lowest BCUT2D eigenvalue weighted by atomic mass is 9.94. The largest absolute Gasteiger partial charge is 0.481 e. The Morgan fingerprint density at radius 2 is 2.15 bits per heavy atom. The van der Waals surface area contributed by atoms with E-state index in [4.69, 9.17) is 9.63 Å². The zero-order chi connectivity index (χ0) is 15.0. The number of aromatic nitrogens is 1. The number of hydrogen-bond donors (Lipinski definition) is 2. The van der Waals surface area contributed by atoms with E-state index >= 15 is 0 Å². The molecular weight excluding hydrogens is 260 g/mol. The number of nitrogens with zero attached hydrogens (tertiary/aromatic N) is 1. The highest BCUT2D eigenvalue weighted by Crippen LogP contribution is 2.17. The van der Waals surface area contributed by atoms with Crippen molar-refractivity contribution in [1.82, 2.24) is 10.5 Å². The highest BCUT2D eigenvalue weighted by molar-refractivity contribution is 5.92. The molecule has 0 aromatic carbocycles. The third-order valence-electron chi connectivity index (χ3n) is 3.26. The zero-order valence-corrected chi connectivity index (χ0v) is 12.0. The molecule has 0 spiro atoms. The molecule has 1 amide bonds. The third kappa shape index (κ3) is 5.42. The average Bonchev–Trinajstić information content (AvgIpc) is 2.82. The lowest BCUT2D eigenvalue weighted by Gasteiger charge is -2.15. The van der Waals surface area contributed by atoms with E-state index in [-0.39, 0.29) is 18.1 Å². The van der Waals surface area contributed by atoms with Crippen molar-refractivity contribution < 1.29 is 19.2 Å². The number of aliphatic carboxylic acids is 1. The summed E-state index contributed by atoms with van der Waals surface area (Å²) < 4.78 is 4.87. The van der Waals surface area contributed by atoms with Gasteiger partial charge in [0.1, 0.15) is 0 Å². The smallest absolute Gasteiger partial charge is 0.303 e. The lowest BCUT2D eigenvalue weighted by Crippen LogP contribution is -2.26. The molecule has 0 radical (unpaired) electrons. The Kier molecular flexibility index (Phi) is 6.76. The van der Waals surface area contributed by atoms with Gasteiger partial charge in [-0.3, -0.25) is 9.59 Å². The van der Waals surface area contributed by atoms with Crippen LogP contribution < -0.4 is 5.32 Å². The minimum atomic E-state index is -0.771. The van der Waals surface area contributed by atoms with Crippen LogP contribution in [-0.2, 0) is 4.79 Å². The topological polar surface area (TPSA) is 92.4 Å². The van der Waals surface area contributed by atoms with Gasteiger partial charge in [-0.05, 0) is 25.7 Å². The van der Waals surface area contributed by atoms with Gasteiger partial charge < -0.3 is 14.9 Å². The first kappa shape index (κ1) is 16.2. The molecule has 0 bridgehead atoms. The number of amides is 1. The van der Waals surface area contributed by atoms with E-state index in [1.165, 1.54) is 6.20 Å². The molecule has 6 heteroatoms. The Morgan fingerprint density at radius 1 is 1.40 bits per heavy atom. The summed E-state index contributed by atoms with van der Waals surface area (Å²) >= 11 is 0. The molecule has 1 unspecified atom stereocenters. The monoisotopic (exact) mass is 282 g/mol. The van der Waals surface area contributed by atoms with E-state index in [1.54, 1.807) is 6.92 Å². The van der Waals surface area contributed by atoms with Crippen molar-refractivity contribution in [1.29, 1.82) is 0 Å². The molecule has 112 valence electrons. The van der Waals surface area contributed by atoms with Crippen LogP contribution in [0.5, 0.6) is 0 Å². The Labute approximate surface area is 118 Å². The predicted molar refractivity (Wildman–Crippen MR) is 73.5 cm³/mol. The van der Waals surface area contributed by atoms with Gasteiger partial charge in [0, 0.05) is 18.5 Å². The maximum Gasteiger partial charge on any atom is 0.303 e. The van der Waals surface area contributed by atoms with Gasteiger partial charge in [0.05, 0.1) is 6.20 Å². The van der Waals surface area contributed by atoms with Crippen molar-refractivity contribution in [3.63, 3.8) is 0 Å². The first-order valence-corrected chi connectivity index (χ1v) is 6.95. The molecule has 0 aliphatic carbocycles. The van der Waals surface area contributed by atoms with Gasteiger partial charge in [-0.2, -0.15) is 0 Å². The molecule has 2 N–H and O–H groups in total. The quantitative estimate of drug-likeness (QED) is 0.725. The van der Waals surface area contributed by atoms with Crippen molar-refractivity contribution in [3.05, 3.63) is 17.5 Å². The SMILES string of the molecule is CCCC(CCNC(=O)c1oncc1C)CCC(=O)O. The standard InChI is InChI=1S/C14H22N2O4/c1-3-4-11(5-6-12(17)18)7-8-15-14(19)13-10(2)9-16-20-13/h9,11H,3-8H2,1-2H3,(H,15,19)(H,17,18). The summed E-state index contributed by atoms with van der Waals surface area (Å²) in [6.45, 7) is 4.35. The van der Waals surface area contributed by atoms with Crippen LogP contribution in [0.4, 0.5) is 0 Å². The highest BCUT2D eigenvalue weighted by Gasteiger charge is 2.15. The summed E-state index contributed by atoms with van der Waals surface area (Å²) in [6, 6.07) is 0. The lowest BCUT2D eigenvalue weighted by molar-refractivity contribution is -0.137. The van der Waals surface area contributed by atoms with Gasteiger partial charge in [0.15, 0.2) is 0 Å². The molecular formula is C14H22N2O4. The van der Waals surface area contributed by atoms with Gasteiger partial charge in [-0.25, -0.2) is 0 Å². The number of carboxylic acid groups (broad SMARTS) is 1. The molecule has 0 aliphatic rings. The molecule has 20 heavy (non-hydrogen) atoms. The van der Waals surface area contributed by atoms with E-state index in [9.17, 15) is 9.59 Å². The second-order valence-electron chi connectivity index (χ2n) is 4.97. The second-order valence-corrected chi connectivity index (χ2v) is 4.97. The van der Waals surface area contributed by atoms with Crippen LogP contribution in [0, 0.1) is 12.8 Å². The van der Waals surface area contributed by atoms with Crippen LogP contribution in [0.3, 0.4) is 0 Å². The summed E-state index contributed by atoms with van der Waals surface area (Å²) in [7, 11) is 0. The third-order valence-corrected chi connectivity index (χ3v) is 3.26. The van der Waals surface area contributed by atoms with Gasteiger partial charge in [0.2, 0.25) is 5.76 Å². The van der Waals surface area contributed by atoms with Crippen molar-refractivity contribution in [3.8, 4) is 0 Å². The van der Waals surface area contributed by atoms with Crippen LogP contribution in [0.15, 0.2) is 10.7 Å². The summed E-state index contributed by atoms with van der Waals surface area (Å²) in [5, 5.41) is 15.1. The molecule has 1 aromatic heterocycles. The van der Waals surface area contributed by atoms with E-state index in [2.05, 4.69) is 17.4 Å². The number of hydrogen-bond acceptors (Lipinski definition) is 4. The fourth-order valence-corrected chi connectivity index (χ4v) is 2.15. The fourth-order valence-electron chi connectivity index (χ4n) is 2.15. The number of carboxylic acids is 1. The summed E-state index contributed by atoms with van der Waals surface area (Å²) in [5.41, 5.74) is 0.707. The van der Waals surface area contributed by atoms with E-state index in [0.29, 0.717) is 24.4 Å². The fraction of sp³-hybridized carbons (Fsp3) is 0.643. The number of aryl methyl sites for hydroxylation is 1. The Balaban J connectivity index is 2.34. The minimum Gasteiger partial charge on any atom is -0.481 e. The number of rotatable bonds is 9. The van der Waals surface area contributed by atoms with Crippen LogP contribution in [0.2, 0.25) is 0 Å². The maximum atomic E-state index is 11.8. The van der Waals surface area contributed by atoms with E-state index in [1.807, 2.05) is 0 Å². The number of carbonyl (C=O) groups excluding carboxylic acids is 1. The van der Waals surface area contributed by atoms with Gasteiger partial charge in [-0.15, -0.1) is 0 Å². The molecule has 1 atom stereocenters. The average molecular weight is 282 g/mol. The zero-order valence-electron chi connectivity index (χ0n) is 12.0. The van der Waals surface area contributed by atoms with Crippen LogP contribution in [0.25, 0.3) is 0 Å². The van der Waals surface area contributed by atoms with Crippen molar-refractivity contribution in [2.75, 3.05) is 6.54 Å². The van der Waals surface area contributed by atoms with Crippen molar-refractivity contribution in [2.45, 2.75) is 46.0 Å². The number of carbonyl (C=O) groups is 2. The molecule has 1 aromatic rings. The van der Waals surface area contributed by atoms with E-state index in [0.717, 1.165) is 19.3 Å². The van der Waals surface area contributed by atoms with Crippen molar-refractivity contribution in [2.24, 2.45) is 5.92 Å². The van der Waals surface area contributed by atoms with Crippen molar-refractivity contribution >= 4 is 11.9 Å². The summed E-state index contributed by atoms with van der Waals surface area (Å²) in [5.74, 6) is -0.476. The normalized spacial score (nSPS) is 12.1. The predicted octanol–water partition coefficient (Wildman–Crippen LogP) is 2.38. The summed E-state index contributed by atoms with van der Waals surface area (Å²) in [4.78, 5) is 22.4. The van der Waals surface area contributed by atoms with Crippen LogP contribution in [-0.4, -0.2) is 28.7 Å². The Morgan fingerprint density at radius 3 is 2.70 bits per heavy atom. The molecule has 1 rings (SSSR count). The molecule has 0 saturated heterocycles. The Bertz CT molecular complexity index is 442. The van der Waals surface area contributed by atoms with Crippen LogP contribution >= 0.6 is 0 Å². The first-order valence-electron chi connectivity index (χ1n) is 6.95. The summed E-state index contributed by atoms with van der Waals surface area (Å²) in [6.07, 6.45) is 5.10. The maximum absolute atomic E-state index is 11.8. The molecule has 0 aliphatic heterocycles. The molecule has 0 fully saturated rings. The first-order chi connectivity index (χ1) is 9.54. The van der Waals surface area contributed by atoms with Gasteiger partial charge in [-0.1, -0.05) is 24.9 Å². The van der Waals surface area contributed by atoms with Gasteiger partial charge >= 0.3 is 5.97 Å².